The van der Waals surface area contributed by atoms with Crippen LogP contribution < -0.4 is 0 Å². The van der Waals surface area contributed by atoms with Gasteiger partial charge in [-0.2, -0.15) is 0 Å². The van der Waals surface area contributed by atoms with Crippen molar-refractivity contribution in [1.82, 2.24) is 14.7 Å². The summed E-state index contributed by atoms with van der Waals surface area (Å²) in [5.74, 6) is -0.652. The second kappa shape index (κ2) is 14.8. The maximum Gasteiger partial charge on any atom is 0.317 e. The Bertz CT molecular complexity index is 1110. The molecule has 1 unspecified atom stereocenters. The van der Waals surface area contributed by atoms with Crippen molar-refractivity contribution < 1.29 is 19.8 Å². The fraction of sp³-hybridized carbons (Fsp3) is 0.576. The molecule has 0 bridgehead atoms. The maximum absolute atomic E-state index is 12.6. The van der Waals surface area contributed by atoms with Crippen LogP contribution in [0.4, 0.5) is 0 Å². The van der Waals surface area contributed by atoms with Crippen molar-refractivity contribution in [3.8, 4) is 0 Å². The highest BCUT2D eigenvalue weighted by Gasteiger charge is 2.38. The number of hydrogen-bond donors (Lipinski definition) is 2. The Morgan fingerprint density at radius 1 is 0.875 bits per heavy atom. The van der Waals surface area contributed by atoms with Gasteiger partial charge in [-0.3, -0.25) is 19.4 Å². The van der Waals surface area contributed by atoms with Crippen LogP contribution in [0.2, 0.25) is 0 Å². The summed E-state index contributed by atoms with van der Waals surface area (Å²) in [6.45, 7) is 14.5. The van der Waals surface area contributed by atoms with Crippen LogP contribution in [-0.2, 0) is 22.4 Å². The predicted octanol–water partition coefficient (Wildman–Crippen LogP) is 4.10. The average Bonchev–Trinajstić information content (AvgIpc) is 3.59. The van der Waals surface area contributed by atoms with Crippen molar-refractivity contribution >= 4 is 11.9 Å². The van der Waals surface area contributed by atoms with Crippen molar-refractivity contribution in [3.63, 3.8) is 0 Å². The number of piperazine rings is 1. The molecule has 2 aromatic carbocycles. The molecule has 2 aliphatic heterocycles. The topological polar surface area (TPSA) is 84.3 Å². The number of carboxylic acids is 1. The number of carbonyl (C=O) groups is 2. The Hall–Kier alpha value is -2.74. The highest BCUT2D eigenvalue weighted by molar-refractivity contribution is 5.79. The van der Waals surface area contributed by atoms with Gasteiger partial charge in [0.05, 0.1) is 19.1 Å². The number of aliphatic hydroxyl groups excluding tert-OH is 1. The molecule has 1 atom stereocenters. The van der Waals surface area contributed by atoms with Gasteiger partial charge in [0.2, 0.25) is 5.91 Å². The highest BCUT2D eigenvalue weighted by Crippen LogP contribution is 2.26. The van der Waals surface area contributed by atoms with Gasteiger partial charge in [0.15, 0.2) is 0 Å². The number of nitrogens with zero attached hydrogens (tertiary/aromatic N) is 3. The van der Waals surface area contributed by atoms with Gasteiger partial charge in [0.25, 0.3) is 0 Å². The van der Waals surface area contributed by atoms with E-state index in [9.17, 15) is 14.7 Å². The van der Waals surface area contributed by atoms with Gasteiger partial charge in [-0.05, 0) is 78.0 Å². The third kappa shape index (κ3) is 9.43. The fourth-order valence-electron chi connectivity index (χ4n) is 5.70. The number of rotatable bonds is 5. The minimum Gasteiger partial charge on any atom is -0.480 e. The van der Waals surface area contributed by atoms with Gasteiger partial charge in [-0.25, -0.2) is 0 Å². The molecule has 7 nitrogen and oxygen atoms in total. The van der Waals surface area contributed by atoms with E-state index in [1.54, 1.807) is 11.1 Å². The SMILES string of the molecule is CC(C)(CO)N1CCC(C(=O)N2CCN(CC(=O)O)CC2)C1.Cc1ccc2c(c1)CCC2.Cc1cccc(C)c1. The van der Waals surface area contributed by atoms with Crippen molar-refractivity contribution in [1.29, 1.82) is 0 Å². The number of aryl methyl sites for hydroxylation is 5. The number of hydrogen-bond acceptors (Lipinski definition) is 5. The van der Waals surface area contributed by atoms with E-state index in [2.05, 4.69) is 68.1 Å². The van der Waals surface area contributed by atoms with Crippen LogP contribution in [0.1, 0.15) is 54.5 Å². The normalized spacial score (nSPS) is 19.2. The number of aliphatic hydroxyl groups is 1. The molecule has 3 aliphatic rings. The molecule has 1 amide bonds. The number of benzene rings is 2. The van der Waals surface area contributed by atoms with Gasteiger partial charge in [0, 0.05) is 38.3 Å². The molecule has 2 heterocycles. The lowest BCUT2D eigenvalue weighted by Crippen LogP contribution is -2.52. The molecule has 2 N–H and O–H groups in total. The Balaban J connectivity index is 0.000000199. The summed E-state index contributed by atoms with van der Waals surface area (Å²) in [6.07, 6.45) is 4.79. The number of carbonyl (C=O) groups excluding carboxylic acids is 1. The van der Waals surface area contributed by atoms with E-state index < -0.39 is 5.97 Å². The van der Waals surface area contributed by atoms with Gasteiger partial charge >= 0.3 is 5.97 Å². The lowest BCUT2D eigenvalue weighted by atomic mass is 10.0. The van der Waals surface area contributed by atoms with E-state index in [-0.39, 0.29) is 30.5 Å². The molecule has 0 radical (unpaired) electrons. The summed E-state index contributed by atoms with van der Waals surface area (Å²) in [6, 6.07) is 15.3. The van der Waals surface area contributed by atoms with Crippen molar-refractivity contribution in [2.45, 2.75) is 65.8 Å². The lowest BCUT2D eigenvalue weighted by Gasteiger charge is -2.36. The number of aliphatic carboxylic acids is 1. The van der Waals surface area contributed by atoms with Crippen LogP contribution in [-0.4, -0.2) is 94.7 Å². The first-order valence-corrected chi connectivity index (χ1v) is 14.7. The average molecular weight is 552 g/mol. The van der Waals surface area contributed by atoms with Gasteiger partial charge in [0.1, 0.15) is 0 Å². The molecular weight excluding hydrogens is 502 g/mol. The first kappa shape index (κ1) is 31.8. The van der Waals surface area contributed by atoms with Crippen LogP contribution in [0, 0.1) is 26.7 Å². The molecule has 5 rings (SSSR count). The zero-order valence-electron chi connectivity index (χ0n) is 25.2. The van der Waals surface area contributed by atoms with Gasteiger partial charge in [-0.15, -0.1) is 0 Å². The van der Waals surface area contributed by atoms with E-state index in [0.29, 0.717) is 32.7 Å². The van der Waals surface area contributed by atoms with Crippen LogP contribution in [0.3, 0.4) is 0 Å². The van der Waals surface area contributed by atoms with Crippen molar-refractivity contribution in [2.75, 3.05) is 52.4 Å². The third-order valence-electron chi connectivity index (χ3n) is 8.25. The second-order valence-electron chi connectivity index (χ2n) is 12.2. The standard InChI is InChI=1S/C15H27N3O4.C10H12.C8H10/c1-15(2,11-19)18-4-3-12(9-18)14(22)17-7-5-16(6-8-17)10-13(20)21;1-8-5-6-9-3-2-4-10(9)7-8;1-7-4-3-5-8(2)6-7/h12,19H,3-11H2,1-2H3,(H,20,21);5-7H,2-4H2,1H3;3-6H,1-2H3. The minimum absolute atomic E-state index is 0.00292. The number of fused-ring (bicyclic) bond motifs is 1. The molecule has 0 spiro atoms. The zero-order chi connectivity index (χ0) is 29.3. The van der Waals surface area contributed by atoms with E-state index in [4.69, 9.17) is 5.11 Å². The monoisotopic (exact) mass is 551 g/mol. The molecule has 2 saturated heterocycles. The number of amides is 1. The maximum atomic E-state index is 12.6. The summed E-state index contributed by atoms with van der Waals surface area (Å²) in [5.41, 5.74) is 6.95. The van der Waals surface area contributed by atoms with Crippen molar-refractivity contribution in [2.24, 2.45) is 5.92 Å². The van der Waals surface area contributed by atoms with Crippen LogP contribution in [0.5, 0.6) is 0 Å². The van der Waals surface area contributed by atoms with Gasteiger partial charge < -0.3 is 15.1 Å². The summed E-state index contributed by atoms with van der Waals surface area (Å²) in [7, 11) is 0. The smallest absolute Gasteiger partial charge is 0.317 e. The van der Waals surface area contributed by atoms with Gasteiger partial charge in [-0.1, -0.05) is 59.2 Å². The van der Waals surface area contributed by atoms with E-state index in [1.165, 1.54) is 36.0 Å². The van der Waals surface area contributed by atoms with Crippen LogP contribution >= 0.6 is 0 Å². The largest absolute Gasteiger partial charge is 0.480 e. The minimum atomic E-state index is -0.822. The molecule has 0 saturated carbocycles. The lowest BCUT2D eigenvalue weighted by molar-refractivity contribution is -0.140. The molecule has 1 aliphatic carbocycles. The predicted molar refractivity (Wildman–Crippen MR) is 161 cm³/mol. The molecule has 2 aromatic rings. The highest BCUT2D eigenvalue weighted by atomic mass is 16.4. The molecule has 2 fully saturated rings. The third-order valence-corrected chi connectivity index (χ3v) is 8.25. The summed E-state index contributed by atoms with van der Waals surface area (Å²) < 4.78 is 0. The van der Waals surface area contributed by atoms with Crippen LogP contribution in [0.25, 0.3) is 0 Å². The first-order chi connectivity index (χ1) is 19.0. The molecule has 220 valence electrons. The quantitative estimate of drug-likeness (QED) is 0.582. The summed E-state index contributed by atoms with van der Waals surface area (Å²) in [5, 5.41) is 18.2. The summed E-state index contributed by atoms with van der Waals surface area (Å²) >= 11 is 0. The first-order valence-electron chi connectivity index (χ1n) is 14.7. The van der Waals surface area contributed by atoms with E-state index >= 15 is 0 Å². The Kier molecular flexibility index (Phi) is 11.7. The zero-order valence-corrected chi connectivity index (χ0v) is 25.2. The number of carboxylic acid groups (broad SMARTS) is 1. The fourth-order valence-corrected chi connectivity index (χ4v) is 5.70. The van der Waals surface area contributed by atoms with Crippen LogP contribution in [0.15, 0.2) is 42.5 Å². The van der Waals surface area contributed by atoms with E-state index in [0.717, 1.165) is 13.0 Å². The van der Waals surface area contributed by atoms with E-state index in [1.807, 2.05) is 23.6 Å². The Morgan fingerprint density at radius 2 is 1.50 bits per heavy atom. The Labute approximate surface area is 240 Å². The molecular formula is C33H49N3O4. The van der Waals surface area contributed by atoms with Crippen molar-refractivity contribution in [3.05, 3.63) is 70.3 Å². The molecule has 0 aromatic heterocycles. The molecule has 40 heavy (non-hydrogen) atoms. The second-order valence-corrected chi connectivity index (χ2v) is 12.2. The Morgan fingerprint density at radius 3 is 2.08 bits per heavy atom. The summed E-state index contributed by atoms with van der Waals surface area (Å²) in [4.78, 5) is 29.2. The molecule has 7 heteroatoms. The number of likely N-dealkylation sites (tertiary alicyclic amines) is 1.